The van der Waals surface area contributed by atoms with Gasteiger partial charge in [-0.15, -0.1) is 0 Å². The number of benzene rings is 1. The van der Waals surface area contributed by atoms with E-state index in [9.17, 15) is 10.1 Å². The summed E-state index contributed by atoms with van der Waals surface area (Å²) in [6.45, 7) is 6.62. The second-order valence-electron chi connectivity index (χ2n) is 6.91. The van der Waals surface area contributed by atoms with Crippen LogP contribution < -0.4 is 19.6 Å². The molecule has 0 fully saturated rings. The monoisotopic (exact) mass is 644 g/mol. The molecule has 1 aromatic carbocycles. The van der Waals surface area contributed by atoms with Crippen LogP contribution in [0.15, 0.2) is 21.7 Å². The Labute approximate surface area is 221 Å². The highest BCUT2D eigenvalue weighted by atomic mass is 127. The van der Waals surface area contributed by atoms with E-state index in [4.69, 9.17) is 18.9 Å². The average Bonchev–Trinajstić information content (AvgIpc) is 2.80. The fourth-order valence-electron chi connectivity index (χ4n) is 2.83. The summed E-state index contributed by atoms with van der Waals surface area (Å²) in [5.41, 5.74) is 4.58. The van der Waals surface area contributed by atoms with Crippen LogP contribution in [0.25, 0.3) is 0 Å². The molecule has 0 radical (unpaired) electrons. The predicted octanol–water partition coefficient (Wildman–Crippen LogP) is 4.49. The SMILES string of the molecule is CCCOc1c(I)cc(/C=N/NC(=O)COc2nc(C)c(Br)c(COC)c2C#N)cc1OCC. The first-order valence-electron chi connectivity index (χ1n) is 10.5. The number of amides is 1. The Bertz CT molecular complexity index is 1090. The fourth-order valence-corrected chi connectivity index (χ4v) is 4.01. The maximum absolute atomic E-state index is 12.2. The molecule has 9 nitrogen and oxygen atoms in total. The van der Waals surface area contributed by atoms with Crippen LogP contribution in [0.1, 0.15) is 42.7 Å². The predicted molar refractivity (Wildman–Crippen MR) is 139 cm³/mol. The number of hydrazone groups is 1. The molecule has 2 rings (SSSR count). The molecule has 0 atom stereocenters. The number of rotatable bonds is 12. The number of pyridine rings is 1. The van der Waals surface area contributed by atoms with Crippen LogP contribution in [-0.4, -0.2) is 44.0 Å². The molecule has 2 aromatic rings. The van der Waals surface area contributed by atoms with E-state index in [0.717, 1.165) is 15.6 Å². The Balaban J connectivity index is 2.07. The lowest BCUT2D eigenvalue weighted by atomic mass is 10.1. The lowest BCUT2D eigenvalue weighted by molar-refractivity contribution is -0.123. The summed E-state index contributed by atoms with van der Waals surface area (Å²) in [5, 5.41) is 13.5. The molecule has 0 saturated heterocycles. The van der Waals surface area contributed by atoms with E-state index < -0.39 is 5.91 Å². The summed E-state index contributed by atoms with van der Waals surface area (Å²) >= 11 is 5.59. The van der Waals surface area contributed by atoms with E-state index in [-0.39, 0.29) is 24.7 Å². The van der Waals surface area contributed by atoms with Gasteiger partial charge in [-0.05, 0) is 76.5 Å². The van der Waals surface area contributed by atoms with Crippen molar-refractivity contribution in [2.24, 2.45) is 5.10 Å². The largest absolute Gasteiger partial charge is 0.490 e. The molecule has 1 heterocycles. The van der Waals surface area contributed by atoms with Crippen molar-refractivity contribution in [3.05, 3.63) is 42.6 Å². The molecule has 1 amide bonds. The molecule has 1 aromatic heterocycles. The van der Waals surface area contributed by atoms with Crippen molar-refractivity contribution >= 4 is 50.6 Å². The third-order valence-corrected chi connectivity index (χ3v) is 6.15. The molecule has 0 aliphatic carbocycles. The molecule has 0 bridgehead atoms. The Kier molecular flexibility index (Phi) is 11.5. The topological polar surface area (TPSA) is 115 Å². The van der Waals surface area contributed by atoms with Gasteiger partial charge in [0, 0.05) is 17.1 Å². The highest BCUT2D eigenvalue weighted by molar-refractivity contribution is 14.1. The van der Waals surface area contributed by atoms with Crippen LogP contribution >= 0.6 is 38.5 Å². The van der Waals surface area contributed by atoms with E-state index in [0.29, 0.717) is 40.4 Å². The average molecular weight is 645 g/mol. The number of hydrogen-bond acceptors (Lipinski definition) is 8. The molecule has 0 aliphatic rings. The Hall–Kier alpha value is -2.43. The number of nitriles is 1. The Morgan fingerprint density at radius 3 is 2.74 bits per heavy atom. The number of carbonyl (C=O) groups excluding carboxylic acids is 1. The summed E-state index contributed by atoms with van der Waals surface area (Å²) in [6, 6.07) is 5.74. The van der Waals surface area contributed by atoms with Gasteiger partial charge in [0.2, 0.25) is 5.88 Å². The van der Waals surface area contributed by atoms with Gasteiger partial charge in [0.15, 0.2) is 18.1 Å². The van der Waals surface area contributed by atoms with Crippen LogP contribution in [0.5, 0.6) is 17.4 Å². The van der Waals surface area contributed by atoms with Crippen LogP contribution in [0.4, 0.5) is 0 Å². The highest BCUT2D eigenvalue weighted by Crippen LogP contribution is 2.34. The van der Waals surface area contributed by atoms with Gasteiger partial charge in [-0.1, -0.05) is 6.92 Å². The molecular formula is C23H26BrIN4O5. The standard InChI is InChI=1S/C23H26BrIN4O5/c1-5-7-33-22-18(25)8-15(9-19(22)32-6-2)11-27-29-20(30)13-34-23-16(10-26)17(12-31-4)21(24)14(3)28-23/h8-9,11H,5-7,12-13H2,1-4H3,(H,29,30)/b27-11+. The molecule has 0 saturated carbocycles. The number of methoxy groups -OCH3 is 1. The number of aromatic nitrogens is 1. The van der Waals surface area contributed by atoms with Gasteiger partial charge < -0.3 is 18.9 Å². The summed E-state index contributed by atoms with van der Waals surface area (Å²) in [4.78, 5) is 16.5. The minimum atomic E-state index is -0.501. The van der Waals surface area contributed by atoms with E-state index in [1.165, 1.54) is 13.3 Å². The number of hydrogen-bond donors (Lipinski definition) is 1. The number of nitrogens with zero attached hydrogens (tertiary/aromatic N) is 3. The maximum atomic E-state index is 12.2. The first-order chi connectivity index (χ1) is 16.4. The minimum absolute atomic E-state index is 0.0629. The molecule has 34 heavy (non-hydrogen) atoms. The first kappa shape index (κ1) is 27.8. The van der Waals surface area contributed by atoms with E-state index in [1.807, 2.05) is 19.9 Å². The summed E-state index contributed by atoms with van der Waals surface area (Å²) in [5.74, 6) is 0.871. The normalized spacial score (nSPS) is 10.7. The lowest BCUT2D eigenvalue weighted by Crippen LogP contribution is -2.25. The van der Waals surface area contributed by atoms with Crippen molar-refractivity contribution in [3.8, 4) is 23.4 Å². The van der Waals surface area contributed by atoms with Gasteiger partial charge in [0.25, 0.3) is 5.91 Å². The summed E-state index contributed by atoms with van der Waals surface area (Å²) in [6.07, 6.45) is 2.39. The summed E-state index contributed by atoms with van der Waals surface area (Å²) in [7, 11) is 1.53. The second kappa shape index (κ2) is 14.1. The van der Waals surface area contributed by atoms with Crippen molar-refractivity contribution in [3.63, 3.8) is 0 Å². The zero-order chi connectivity index (χ0) is 25.1. The summed E-state index contributed by atoms with van der Waals surface area (Å²) < 4.78 is 23.7. The fraction of sp³-hybridized carbons (Fsp3) is 0.391. The van der Waals surface area contributed by atoms with Crippen LogP contribution in [0, 0.1) is 21.8 Å². The van der Waals surface area contributed by atoms with Crippen molar-refractivity contribution in [1.82, 2.24) is 10.4 Å². The number of ether oxygens (including phenoxy) is 4. The number of carbonyl (C=O) groups is 1. The smallest absolute Gasteiger partial charge is 0.278 e. The minimum Gasteiger partial charge on any atom is -0.490 e. The van der Waals surface area contributed by atoms with Gasteiger partial charge in [-0.25, -0.2) is 10.4 Å². The number of nitrogens with one attached hydrogen (secondary N) is 1. The Morgan fingerprint density at radius 1 is 1.32 bits per heavy atom. The van der Waals surface area contributed by atoms with Crippen molar-refractivity contribution in [2.75, 3.05) is 26.9 Å². The van der Waals surface area contributed by atoms with Crippen molar-refractivity contribution in [2.45, 2.75) is 33.8 Å². The van der Waals surface area contributed by atoms with Crippen LogP contribution in [0.2, 0.25) is 0 Å². The molecule has 1 N–H and O–H groups in total. The van der Waals surface area contributed by atoms with Gasteiger partial charge in [-0.2, -0.15) is 10.4 Å². The molecule has 182 valence electrons. The van der Waals surface area contributed by atoms with Crippen LogP contribution in [0.3, 0.4) is 0 Å². The van der Waals surface area contributed by atoms with Gasteiger partial charge >= 0.3 is 0 Å². The number of halogens is 2. The molecule has 0 spiro atoms. The van der Waals surface area contributed by atoms with Crippen molar-refractivity contribution < 1.29 is 23.7 Å². The van der Waals surface area contributed by atoms with Gasteiger partial charge in [0.1, 0.15) is 11.6 Å². The first-order valence-corrected chi connectivity index (χ1v) is 12.3. The third-order valence-electron chi connectivity index (χ3n) is 4.29. The zero-order valence-corrected chi connectivity index (χ0v) is 23.1. The zero-order valence-electron chi connectivity index (χ0n) is 19.4. The molecule has 0 aliphatic heterocycles. The van der Waals surface area contributed by atoms with E-state index in [2.05, 4.69) is 60.1 Å². The molecule has 0 unspecified atom stereocenters. The van der Waals surface area contributed by atoms with Gasteiger partial charge in [-0.3, -0.25) is 4.79 Å². The van der Waals surface area contributed by atoms with E-state index in [1.54, 1.807) is 13.0 Å². The maximum Gasteiger partial charge on any atom is 0.278 e. The van der Waals surface area contributed by atoms with Crippen molar-refractivity contribution in [1.29, 1.82) is 5.26 Å². The third kappa shape index (κ3) is 7.54. The van der Waals surface area contributed by atoms with Gasteiger partial charge in [0.05, 0.1) is 35.3 Å². The molecule has 11 heteroatoms. The molecular weight excluding hydrogens is 619 g/mol. The van der Waals surface area contributed by atoms with E-state index >= 15 is 0 Å². The van der Waals surface area contributed by atoms with Crippen LogP contribution in [-0.2, 0) is 16.1 Å². The lowest BCUT2D eigenvalue weighted by Gasteiger charge is -2.14. The second-order valence-corrected chi connectivity index (χ2v) is 8.86. The highest BCUT2D eigenvalue weighted by Gasteiger charge is 2.18. The Morgan fingerprint density at radius 2 is 2.09 bits per heavy atom. The number of aryl methyl sites for hydroxylation is 1. The quantitative estimate of drug-likeness (QED) is 0.206.